The first-order chi connectivity index (χ1) is 13.7. The van der Waals surface area contributed by atoms with Gasteiger partial charge in [-0.25, -0.2) is 0 Å². The normalized spacial score (nSPS) is 17.4. The van der Waals surface area contributed by atoms with Gasteiger partial charge in [-0.2, -0.15) is 0 Å². The molecule has 1 N–H and O–H groups in total. The van der Waals surface area contributed by atoms with E-state index in [1.807, 2.05) is 53.4 Å². The number of carbonyl (C=O) groups is 2. The average molecular weight is 377 g/mol. The monoisotopic (exact) mass is 377 g/mol. The van der Waals surface area contributed by atoms with Gasteiger partial charge in [0.1, 0.15) is 0 Å². The molecule has 2 amide bonds. The van der Waals surface area contributed by atoms with Crippen LogP contribution in [0.3, 0.4) is 0 Å². The van der Waals surface area contributed by atoms with Crippen LogP contribution in [0.4, 0.5) is 5.69 Å². The first-order valence-electron chi connectivity index (χ1n) is 10.2. The van der Waals surface area contributed by atoms with Crippen LogP contribution in [0.2, 0.25) is 0 Å². The van der Waals surface area contributed by atoms with Gasteiger partial charge in [-0.1, -0.05) is 36.4 Å². The van der Waals surface area contributed by atoms with Gasteiger partial charge in [0.2, 0.25) is 5.91 Å². The van der Waals surface area contributed by atoms with Crippen LogP contribution >= 0.6 is 0 Å². The van der Waals surface area contributed by atoms with Gasteiger partial charge in [-0.15, -0.1) is 0 Å². The first kappa shape index (κ1) is 18.7. The molecule has 4 rings (SSSR count). The summed E-state index contributed by atoms with van der Waals surface area (Å²) in [7, 11) is 0. The molecule has 0 spiro atoms. The molecule has 0 radical (unpaired) electrons. The molecule has 0 bridgehead atoms. The second-order valence-corrected chi connectivity index (χ2v) is 7.63. The predicted octanol–water partition coefficient (Wildman–Crippen LogP) is 2.86. The van der Waals surface area contributed by atoms with Crippen LogP contribution in [0.25, 0.3) is 0 Å². The largest absolute Gasteiger partial charge is 0.349 e. The van der Waals surface area contributed by atoms with Crippen molar-refractivity contribution in [3.8, 4) is 0 Å². The lowest BCUT2D eigenvalue weighted by atomic mass is 10.0. The SMILES string of the molecule is O=C(NC1CCN(CCC(=O)N2CCc3ccccc32)CC1)c1ccccc1. The molecule has 1 fully saturated rings. The highest BCUT2D eigenvalue weighted by Crippen LogP contribution is 2.28. The average Bonchev–Trinajstić information content (AvgIpc) is 3.18. The summed E-state index contributed by atoms with van der Waals surface area (Å²) in [4.78, 5) is 29.2. The number of rotatable bonds is 5. The summed E-state index contributed by atoms with van der Waals surface area (Å²) in [5.41, 5.74) is 3.06. The summed E-state index contributed by atoms with van der Waals surface area (Å²) in [6.45, 7) is 3.43. The summed E-state index contributed by atoms with van der Waals surface area (Å²) in [6, 6.07) is 17.8. The van der Waals surface area contributed by atoms with Crippen LogP contribution < -0.4 is 10.2 Å². The molecule has 2 aliphatic heterocycles. The third-order valence-electron chi connectivity index (χ3n) is 5.79. The smallest absolute Gasteiger partial charge is 0.251 e. The number of para-hydroxylation sites is 1. The molecular formula is C23H27N3O2. The first-order valence-corrected chi connectivity index (χ1v) is 10.2. The van der Waals surface area contributed by atoms with Crippen molar-refractivity contribution in [1.29, 1.82) is 0 Å². The molecule has 0 atom stereocenters. The van der Waals surface area contributed by atoms with Crippen molar-refractivity contribution in [3.05, 3.63) is 65.7 Å². The minimum atomic E-state index is 0.00178. The van der Waals surface area contributed by atoms with Crippen LogP contribution in [-0.2, 0) is 11.2 Å². The van der Waals surface area contributed by atoms with Crippen LogP contribution in [0.1, 0.15) is 35.2 Å². The van der Waals surface area contributed by atoms with Gasteiger partial charge in [0, 0.05) is 49.9 Å². The molecule has 28 heavy (non-hydrogen) atoms. The van der Waals surface area contributed by atoms with Gasteiger partial charge in [0.15, 0.2) is 0 Å². The van der Waals surface area contributed by atoms with Crippen molar-refractivity contribution in [3.63, 3.8) is 0 Å². The molecule has 2 aromatic carbocycles. The van der Waals surface area contributed by atoms with Gasteiger partial charge in [-0.3, -0.25) is 9.59 Å². The number of nitrogens with zero attached hydrogens (tertiary/aromatic N) is 2. The maximum absolute atomic E-state index is 12.7. The summed E-state index contributed by atoms with van der Waals surface area (Å²) in [6.07, 6.45) is 3.36. The maximum atomic E-state index is 12.7. The van der Waals surface area contributed by atoms with Gasteiger partial charge < -0.3 is 15.1 Å². The topological polar surface area (TPSA) is 52.7 Å². The lowest BCUT2D eigenvalue weighted by Gasteiger charge is -2.32. The van der Waals surface area contributed by atoms with Crippen LogP contribution in [0.5, 0.6) is 0 Å². The summed E-state index contributed by atoms with van der Waals surface area (Å²) in [5.74, 6) is 0.214. The number of amides is 2. The second-order valence-electron chi connectivity index (χ2n) is 7.63. The molecule has 146 valence electrons. The van der Waals surface area contributed by atoms with Crippen molar-refractivity contribution < 1.29 is 9.59 Å². The van der Waals surface area contributed by atoms with Crippen LogP contribution in [0, 0.1) is 0 Å². The molecule has 0 aliphatic carbocycles. The molecule has 5 heteroatoms. The number of hydrogen-bond donors (Lipinski definition) is 1. The molecular weight excluding hydrogens is 350 g/mol. The Balaban J connectivity index is 1.21. The third-order valence-corrected chi connectivity index (χ3v) is 5.79. The maximum Gasteiger partial charge on any atom is 0.251 e. The lowest BCUT2D eigenvalue weighted by molar-refractivity contribution is -0.118. The molecule has 0 saturated carbocycles. The zero-order valence-corrected chi connectivity index (χ0v) is 16.1. The minimum Gasteiger partial charge on any atom is -0.349 e. The Kier molecular flexibility index (Phi) is 5.72. The molecule has 2 aliphatic rings. The molecule has 5 nitrogen and oxygen atoms in total. The Bertz CT molecular complexity index is 829. The van der Waals surface area contributed by atoms with E-state index in [0.717, 1.165) is 51.1 Å². The van der Waals surface area contributed by atoms with Gasteiger partial charge >= 0.3 is 0 Å². The zero-order valence-electron chi connectivity index (χ0n) is 16.1. The number of hydrogen-bond acceptors (Lipinski definition) is 3. The van der Waals surface area contributed by atoms with E-state index in [-0.39, 0.29) is 17.9 Å². The fourth-order valence-corrected chi connectivity index (χ4v) is 4.15. The number of nitrogens with one attached hydrogen (secondary N) is 1. The van der Waals surface area contributed by atoms with E-state index in [0.29, 0.717) is 12.0 Å². The number of benzene rings is 2. The summed E-state index contributed by atoms with van der Waals surface area (Å²) >= 11 is 0. The number of fused-ring (bicyclic) bond motifs is 1. The van der Waals surface area contributed by atoms with E-state index in [9.17, 15) is 9.59 Å². The Labute approximate surface area is 166 Å². The highest BCUT2D eigenvalue weighted by molar-refractivity contribution is 5.95. The van der Waals surface area contributed by atoms with Crippen molar-refractivity contribution >= 4 is 17.5 Å². The van der Waals surface area contributed by atoms with E-state index < -0.39 is 0 Å². The number of piperidine rings is 1. The van der Waals surface area contributed by atoms with Gasteiger partial charge in [0.25, 0.3) is 5.91 Å². The van der Waals surface area contributed by atoms with Gasteiger partial charge in [-0.05, 0) is 43.0 Å². The fraction of sp³-hybridized carbons (Fsp3) is 0.391. The lowest BCUT2D eigenvalue weighted by Crippen LogP contribution is -2.45. The highest BCUT2D eigenvalue weighted by Gasteiger charge is 2.25. The molecule has 0 unspecified atom stereocenters. The summed E-state index contributed by atoms with van der Waals surface area (Å²) < 4.78 is 0. The molecule has 2 heterocycles. The van der Waals surface area contributed by atoms with Crippen molar-refractivity contribution in [2.24, 2.45) is 0 Å². The van der Waals surface area contributed by atoms with Crippen LogP contribution in [0.15, 0.2) is 54.6 Å². The zero-order chi connectivity index (χ0) is 19.3. The van der Waals surface area contributed by atoms with Crippen molar-refractivity contribution in [2.45, 2.75) is 31.7 Å². The molecule has 0 aromatic heterocycles. The molecule has 2 aromatic rings. The Morgan fingerprint density at radius 2 is 1.64 bits per heavy atom. The fourth-order valence-electron chi connectivity index (χ4n) is 4.15. The number of likely N-dealkylation sites (tertiary alicyclic amines) is 1. The van der Waals surface area contributed by atoms with E-state index >= 15 is 0 Å². The Morgan fingerprint density at radius 3 is 2.43 bits per heavy atom. The standard InChI is InChI=1S/C23H27N3O2/c27-22(26-17-10-18-6-4-5-9-21(18)26)13-16-25-14-11-20(12-15-25)24-23(28)19-7-2-1-3-8-19/h1-9,20H,10-17H2,(H,24,28). The Hall–Kier alpha value is -2.66. The van der Waals surface area contributed by atoms with Gasteiger partial charge in [0.05, 0.1) is 0 Å². The Morgan fingerprint density at radius 1 is 0.929 bits per heavy atom. The summed E-state index contributed by atoms with van der Waals surface area (Å²) in [5, 5.41) is 3.14. The van der Waals surface area contributed by atoms with E-state index in [2.05, 4.69) is 16.3 Å². The minimum absolute atomic E-state index is 0.00178. The highest BCUT2D eigenvalue weighted by atomic mass is 16.2. The quantitative estimate of drug-likeness (QED) is 0.872. The molecule has 1 saturated heterocycles. The number of anilines is 1. The van der Waals surface area contributed by atoms with E-state index in [4.69, 9.17) is 0 Å². The van der Waals surface area contributed by atoms with E-state index in [1.54, 1.807) is 0 Å². The predicted molar refractivity (Wildman–Crippen MR) is 110 cm³/mol. The number of carbonyl (C=O) groups excluding carboxylic acids is 2. The third kappa shape index (κ3) is 4.25. The van der Waals surface area contributed by atoms with E-state index in [1.165, 1.54) is 5.56 Å². The van der Waals surface area contributed by atoms with Crippen molar-refractivity contribution in [2.75, 3.05) is 31.1 Å². The van der Waals surface area contributed by atoms with Crippen LogP contribution in [-0.4, -0.2) is 48.9 Å². The second kappa shape index (κ2) is 8.57. The van der Waals surface area contributed by atoms with Crippen molar-refractivity contribution in [1.82, 2.24) is 10.2 Å².